The molecule has 2 rings (SSSR count). The molecule has 1 atom stereocenters. The van der Waals surface area contributed by atoms with Crippen LogP contribution in [0.5, 0.6) is 0 Å². The van der Waals surface area contributed by atoms with Gasteiger partial charge in [0.25, 0.3) is 0 Å². The molecule has 0 bridgehead atoms. The van der Waals surface area contributed by atoms with E-state index in [4.69, 9.17) is 4.74 Å². The van der Waals surface area contributed by atoms with Crippen molar-refractivity contribution in [2.24, 2.45) is 0 Å². The maximum atomic E-state index is 5.10. The third-order valence-corrected chi connectivity index (χ3v) is 4.28. The highest BCUT2D eigenvalue weighted by atomic mass is 32.1. The van der Waals surface area contributed by atoms with Gasteiger partial charge in [-0.15, -0.1) is 11.3 Å². The van der Waals surface area contributed by atoms with Gasteiger partial charge < -0.3 is 15.4 Å². The van der Waals surface area contributed by atoms with Gasteiger partial charge in [-0.3, -0.25) is 0 Å². The molecule has 0 aliphatic rings. The van der Waals surface area contributed by atoms with Crippen molar-refractivity contribution in [1.82, 2.24) is 15.0 Å². The molecule has 0 saturated carbocycles. The summed E-state index contributed by atoms with van der Waals surface area (Å²) in [7, 11) is 3.47. The second kappa shape index (κ2) is 7.33. The molecule has 2 heterocycles. The molecule has 2 N–H and O–H groups in total. The van der Waals surface area contributed by atoms with Gasteiger partial charge in [0.2, 0.25) is 0 Å². The highest BCUT2D eigenvalue weighted by molar-refractivity contribution is 7.11. The molecule has 0 fully saturated rings. The monoisotopic (exact) mass is 307 g/mol. The molecule has 0 radical (unpaired) electrons. The van der Waals surface area contributed by atoms with E-state index in [1.165, 1.54) is 4.88 Å². The number of aromatic nitrogens is 3. The Bertz CT molecular complexity index is 586. The molecule has 1 unspecified atom stereocenters. The van der Waals surface area contributed by atoms with E-state index in [1.807, 2.05) is 19.3 Å². The van der Waals surface area contributed by atoms with Gasteiger partial charge in [0.05, 0.1) is 6.04 Å². The van der Waals surface area contributed by atoms with Crippen molar-refractivity contribution in [1.29, 1.82) is 0 Å². The summed E-state index contributed by atoms with van der Waals surface area (Å²) in [6, 6.07) is 1.98. The summed E-state index contributed by atoms with van der Waals surface area (Å²) in [5, 5.41) is 7.46. The largest absolute Gasteiger partial charge is 0.377 e. The summed E-state index contributed by atoms with van der Waals surface area (Å²) >= 11 is 1.73. The quantitative estimate of drug-likeness (QED) is 0.819. The molecule has 0 aliphatic carbocycles. The van der Waals surface area contributed by atoms with Crippen LogP contribution in [0.3, 0.4) is 0 Å². The standard InChI is InChI=1S/C14H21N5OS/c1-5-10-7-16-14(21-10)9(2)17-12-6-11(15-3)18-13(19-12)8-20-4/h6-7,9H,5,8H2,1-4H3,(H2,15,17,18,19). The molecule has 2 aromatic heterocycles. The average molecular weight is 307 g/mol. The third-order valence-electron chi connectivity index (χ3n) is 2.96. The van der Waals surface area contributed by atoms with Crippen molar-refractivity contribution in [3.8, 4) is 0 Å². The molecular formula is C14H21N5OS. The summed E-state index contributed by atoms with van der Waals surface area (Å²) in [5.41, 5.74) is 0. The van der Waals surface area contributed by atoms with E-state index in [0.29, 0.717) is 12.4 Å². The molecule has 0 saturated heterocycles. The number of thiazole rings is 1. The van der Waals surface area contributed by atoms with Gasteiger partial charge in [-0.05, 0) is 13.3 Å². The van der Waals surface area contributed by atoms with Crippen molar-refractivity contribution < 1.29 is 4.74 Å². The number of rotatable bonds is 7. The van der Waals surface area contributed by atoms with Gasteiger partial charge in [0, 0.05) is 31.3 Å². The van der Waals surface area contributed by atoms with Crippen molar-refractivity contribution in [3.63, 3.8) is 0 Å². The smallest absolute Gasteiger partial charge is 0.158 e. The molecule has 0 amide bonds. The first kappa shape index (κ1) is 15.7. The number of hydrogen-bond acceptors (Lipinski definition) is 7. The SMILES string of the molecule is CCc1cnc(C(C)Nc2cc(NC)nc(COC)n2)s1. The lowest BCUT2D eigenvalue weighted by atomic mass is 10.3. The number of methoxy groups -OCH3 is 1. The van der Waals surface area contributed by atoms with Gasteiger partial charge >= 0.3 is 0 Å². The second-order valence-corrected chi connectivity index (χ2v) is 5.77. The minimum absolute atomic E-state index is 0.102. The summed E-state index contributed by atoms with van der Waals surface area (Å²) in [6.07, 6.45) is 2.95. The summed E-state index contributed by atoms with van der Waals surface area (Å²) < 4.78 is 5.10. The molecular weight excluding hydrogens is 286 g/mol. The van der Waals surface area contributed by atoms with Crippen LogP contribution >= 0.6 is 11.3 Å². The van der Waals surface area contributed by atoms with Crippen LogP contribution in [0.4, 0.5) is 11.6 Å². The highest BCUT2D eigenvalue weighted by Gasteiger charge is 2.12. The van der Waals surface area contributed by atoms with Gasteiger partial charge in [-0.1, -0.05) is 6.92 Å². The molecule has 21 heavy (non-hydrogen) atoms. The average Bonchev–Trinajstić information content (AvgIpc) is 2.96. The van der Waals surface area contributed by atoms with Crippen molar-refractivity contribution >= 4 is 23.0 Å². The zero-order valence-corrected chi connectivity index (χ0v) is 13.6. The van der Waals surface area contributed by atoms with Gasteiger partial charge in [-0.25, -0.2) is 15.0 Å². The van der Waals surface area contributed by atoms with Crippen LogP contribution in [0.25, 0.3) is 0 Å². The number of hydrogen-bond donors (Lipinski definition) is 2. The van der Waals surface area contributed by atoms with E-state index in [2.05, 4.69) is 39.4 Å². The molecule has 6 nitrogen and oxygen atoms in total. The lowest BCUT2D eigenvalue weighted by Gasteiger charge is -2.13. The number of nitrogens with one attached hydrogen (secondary N) is 2. The van der Waals surface area contributed by atoms with E-state index in [9.17, 15) is 0 Å². The van der Waals surface area contributed by atoms with Crippen molar-refractivity contribution in [3.05, 3.63) is 28.0 Å². The Labute approximate surface area is 129 Å². The van der Waals surface area contributed by atoms with E-state index in [1.54, 1.807) is 18.4 Å². The Kier molecular flexibility index (Phi) is 5.46. The van der Waals surface area contributed by atoms with E-state index < -0.39 is 0 Å². The predicted molar refractivity (Wildman–Crippen MR) is 85.8 cm³/mol. The fraction of sp³-hybridized carbons (Fsp3) is 0.500. The van der Waals surface area contributed by atoms with Crippen LogP contribution in [-0.4, -0.2) is 29.1 Å². The maximum absolute atomic E-state index is 5.10. The molecule has 0 aromatic carbocycles. The third kappa shape index (κ3) is 4.12. The first-order valence-electron chi connectivity index (χ1n) is 6.92. The van der Waals surface area contributed by atoms with Crippen LogP contribution in [0.15, 0.2) is 12.3 Å². The van der Waals surface area contributed by atoms with Crippen LogP contribution in [0.2, 0.25) is 0 Å². The minimum atomic E-state index is 0.102. The molecule has 7 heteroatoms. The van der Waals surface area contributed by atoms with Crippen LogP contribution in [-0.2, 0) is 17.8 Å². The van der Waals surface area contributed by atoms with Gasteiger partial charge in [0.15, 0.2) is 5.82 Å². The number of nitrogens with zero attached hydrogens (tertiary/aromatic N) is 3. The van der Waals surface area contributed by atoms with Crippen LogP contribution in [0.1, 0.15) is 35.6 Å². The lowest BCUT2D eigenvalue weighted by Crippen LogP contribution is -2.10. The summed E-state index contributed by atoms with van der Waals surface area (Å²) in [4.78, 5) is 14.5. The van der Waals surface area contributed by atoms with Gasteiger partial charge in [-0.2, -0.15) is 0 Å². The topological polar surface area (TPSA) is 72.0 Å². The van der Waals surface area contributed by atoms with E-state index in [-0.39, 0.29) is 6.04 Å². The Hall–Kier alpha value is -1.73. The molecule has 2 aromatic rings. The summed E-state index contributed by atoms with van der Waals surface area (Å²) in [5.74, 6) is 2.18. The lowest BCUT2D eigenvalue weighted by molar-refractivity contribution is 0.178. The normalized spacial score (nSPS) is 12.2. The Morgan fingerprint density at radius 3 is 2.71 bits per heavy atom. The van der Waals surface area contributed by atoms with E-state index >= 15 is 0 Å². The Morgan fingerprint density at radius 2 is 2.10 bits per heavy atom. The first-order valence-corrected chi connectivity index (χ1v) is 7.73. The fourth-order valence-corrected chi connectivity index (χ4v) is 2.72. The zero-order chi connectivity index (χ0) is 15.2. The molecule has 0 aliphatic heterocycles. The second-order valence-electron chi connectivity index (χ2n) is 4.62. The van der Waals surface area contributed by atoms with Gasteiger partial charge in [0.1, 0.15) is 23.3 Å². The molecule has 0 spiro atoms. The van der Waals surface area contributed by atoms with Crippen LogP contribution in [0, 0.1) is 0 Å². The fourth-order valence-electron chi connectivity index (χ4n) is 1.86. The summed E-state index contributed by atoms with van der Waals surface area (Å²) in [6.45, 7) is 4.60. The number of ether oxygens (including phenoxy) is 1. The predicted octanol–water partition coefficient (Wildman–Crippen LogP) is 2.86. The Morgan fingerprint density at radius 1 is 1.33 bits per heavy atom. The van der Waals surface area contributed by atoms with Crippen molar-refractivity contribution in [2.45, 2.75) is 32.9 Å². The first-order chi connectivity index (χ1) is 10.2. The Balaban J connectivity index is 2.15. The molecule has 114 valence electrons. The maximum Gasteiger partial charge on any atom is 0.158 e. The van der Waals surface area contributed by atoms with Crippen molar-refractivity contribution in [2.75, 3.05) is 24.8 Å². The van der Waals surface area contributed by atoms with Crippen LogP contribution < -0.4 is 10.6 Å². The number of anilines is 2. The zero-order valence-electron chi connectivity index (χ0n) is 12.8. The minimum Gasteiger partial charge on any atom is -0.377 e. The number of aryl methyl sites for hydroxylation is 1. The van der Waals surface area contributed by atoms with E-state index in [0.717, 1.165) is 23.1 Å². The highest BCUT2D eigenvalue weighted by Crippen LogP contribution is 2.24.